The minimum Gasteiger partial charge on any atom is -0.445 e. The molecular weight excluding hydrogens is 454 g/mol. The largest absolute Gasteiger partial charge is 0.445 e. The lowest BCUT2D eigenvalue weighted by Crippen LogP contribution is -2.43. The van der Waals surface area contributed by atoms with Gasteiger partial charge in [-0.3, -0.25) is 14.5 Å². The molecule has 2 aliphatic rings. The maximum atomic E-state index is 13.1. The second kappa shape index (κ2) is 10.6. The maximum Gasteiger partial charge on any atom is 0.410 e. The first kappa shape index (κ1) is 23.6. The van der Waals surface area contributed by atoms with Gasteiger partial charge in [0.1, 0.15) is 12.6 Å². The van der Waals surface area contributed by atoms with E-state index in [1.807, 2.05) is 72.8 Å². The summed E-state index contributed by atoms with van der Waals surface area (Å²) in [4.78, 5) is 39.7. The van der Waals surface area contributed by atoms with Gasteiger partial charge >= 0.3 is 6.09 Å². The van der Waals surface area contributed by atoms with Crippen LogP contribution in [0.4, 0.5) is 10.5 Å². The van der Waals surface area contributed by atoms with Crippen LogP contribution in [0.3, 0.4) is 0 Å². The van der Waals surface area contributed by atoms with Crippen LogP contribution in [0.2, 0.25) is 0 Å². The first-order valence-corrected chi connectivity index (χ1v) is 12.4. The van der Waals surface area contributed by atoms with E-state index >= 15 is 0 Å². The molecule has 0 radical (unpaired) electrons. The Bertz CT molecular complexity index is 1260. The third-order valence-electron chi connectivity index (χ3n) is 6.50. The van der Waals surface area contributed by atoms with E-state index in [2.05, 4.69) is 10.6 Å². The molecule has 0 bridgehead atoms. The molecule has 5 rings (SSSR count). The van der Waals surface area contributed by atoms with Crippen molar-refractivity contribution in [2.75, 3.05) is 11.9 Å². The fourth-order valence-electron chi connectivity index (χ4n) is 4.40. The molecule has 1 heterocycles. The molecule has 0 aromatic heterocycles. The Morgan fingerprint density at radius 2 is 1.61 bits per heavy atom. The molecule has 0 spiro atoms. The van der Waals surface area contributed by atoms with Crippen molar-refractivity contribution in [3.05, 3.63) is 90.0 Å². The first-order chi connectivity index (χ1) is 17.6. The smallest absolute Gasteiger partial charge is 0.410 e. The minimum atomic E-state index is -0.577. The number of benzene rings is 3. The van der Waals surface area contributed by atoms with Gasteiger partial charge in [-0.15, -0.1) is 0 Å². The van der Waals surface area contributed by atoms with Crippen LogP contribution in [0.25, 0.3) is 11.1 Å². The predicted octanol–water partition coefficient (Wildman–Crippen LogP) is 4.99. The lowest BCUT2D eigenvalue weighted by Gasteiger charge is -2.23. The molecule has 2 fully saturated rings. The van der Waals surface area contributed by atoms with Crippen molar-refractivity contribution in [1.29, 1.82) is 0 Å². The molecule has 1 atom stereocenters. The quantitative estimate of drug-likeness (QED) is 0.496. The number of rotatable bonds is 7. The van der Waals surface area contributed by atoms with Crippen molar-refractivity contribution < 1.29 is 19.1 Å². The summed E-state index contributed by atoms with van der Waals surface area (Å²) >= 11 is 0. The number of carbonyl (C=O) groups is 3. The van der Waals surface area contributed by atoms with Crippen LogP contribution in [0.1, 0.15) is 41.6 Å². The zero-order valence-corrected chi connectivity index (χ0v) is 20.0. The van der Waals surface area contributed by atoms with E-state index in [0.29, 0.717) is 30.3 Å². The molecule has 1 saturated carbocycles. The Morgan fingerprint density at radius 3 is 2.39 bits per heavy atom. The third-order valence-corrected chi connectivity index (χ3v) is 6.50. The Morgan fingerprint density at radius 1 is 0.861 bits per heavy atom. The molecule has 3 aromatic rings. The molecule has 7 nitrogen and oxygen atoms in total. The van der Waals surface area contributed by atoms with E-state index in [1.165, 1.54) is 4.90 Å². The lowest BCUT2D eigenvalue weighted by molar-refractivity contribution is -0.120. The number of anilines is 1. The van der Waals surface area contributed by atoms with Gasteiger partial charge in [-0.1, -0.05) is 54.6 Å². The van der Waals surface area contributed by atoms with Gasteiger partial charge in [0.2, 0.25) is 5.91 Å². The van der Waals surface area contributed by atoms with Crippen molar-refractivity contribution in [2.45, 2.75) is 44.4 Å². The van der Waals surface area contributed by atoms with Gasteiger partial charge in [0, 0.05) is 23.8 Å². The summed E-state index contributed by atoms with van der Waals surface area (Å²) < 4.78 is 5.45. The van der Waals surface area contributed by atoms with Crippen LogP contribution < -0.4 is 10.6 Å². The molecule has 7 heteroatoms. The van der Waals surface area contributed by atoms with Gasteiger partial charge in [-0.25, -0.2) is 4.79 Å². The van der Waals surface area contributed by atoms with E-state index in [1.54, 1.807) is 6.07 Å². The molecule has 1 aliphatic heterocycles. The van der Waals surface area contributed by atoms with Crippen LogP contribution in [-0.2, 0) is 16.1 Å². The van der Waals surface area contributed by atoms with Gasteiger partial charge in [0.05, 0.1) is 0 Å². The number of ether oxygens (including phenoxy) is 1. The number of amides is 3. The Labute approximate surface area is 210 Å². The van der Waals surface area contributed by atoms with Crippen molar-refractivity contribution in [3.8, 4) is 11.1 Å². The molecule has 1 unspecified atom stereocenters. The number of nitrogens with zero attached hydrogens (tertiary/aromatic N) is 1. The average Bonchev–Trinajstić information content (AvgIpc) is 3.58. The Hall–Kier alpha value is -4.13. The number of carbonyl (C=O) groups excluding carboxylic acids is 3. The highest BCUT2D eigenvalue weighted by Gasteiger charge is 2.35. The highest BCUT2D eigenvalue weighted by Crippen LogP contribution is 2.26. The monoisotopic (exact) mass is 483 g/mol. The van der Waals surface area contributed by atoms with Crippen molar-refractivity contribution in [1.82, 2.24) is 10.2 Å². The summed E-state index contributed by atoms with van der Waals surface area (Å²) in [6.45, 7) is 0.658. The summed E-state index contributed by atoms with van der Waals surface area (Å²) in [6.07, 6.45) is 2.93. The maximum absolute atomic E-state index is 13.1. The summed E-state index contributed by atoms with van der Waals surface area (Å²) in [5.74, 6) is -0.303. The van der Waals surface area contributed by atoms with E-state index in [9.17, 15) is 14.4 Å². The van der Waals surface area contributed by atoms with Crippen molar-refractivity contribution in [2.24, 2.45) is 0 Å². The van der Waals surface area contributed by atoms with Gasteiger partial charge in [-0.05, 0) is 66.6 Å². The third kappa shape index (κ3) is 5.74. The summed E-state index contributed by atoms with van der Waals surface area (Å²) in [6, 6.07) is 24.2. The summed E-state index contributed by atoms with van der Waals surface area (Å²) in [7, 11) is 0. The SMILES string of the molecule is O=C(NC1CC1)c1cccc(-c2cccc(NC(=O)C3CCCN3C(=O)OCc3ccccc3)c2)c1. The molecular formula is C29H29N3O4. The molecule has 184 valence electrons. The van der Waals surface area contributed by atoms with E-state index in [0.717, 1.165) is 36.0 Å². The van der Waals surface area contributed by atoms with Crippen LogP contribution in [0, 0.1) is 0 Å². The zero-order chi connectivity index (χ0) is 24.9. The van der Waals surface area contributed by atoms with E-state index in [4.69, 9.17) is 4.74 Å². The topological polar surface area (TPSA) is 87.7 Å². The fourth-order valence-corrected chi connectivity index (χ4v) is 4.40. The van der Waals surface area contributed by atoms with Crippen LogP contribution >= 0.6 is 0 Å². The fraction of sp³-hybridized carbons (Fsp3) is 0.276. The van der Waals surface area contributed by atoms with Gasteiger partial charge in [-0.2, -0.15) is 0 Å². The van der Waals surface area contributed by atoms with Crippen LogP contribution in [0.15, 0.2) is 78.9 Å². The summed E-state index contributed by atoms with van der Waals surface area (Å²) in [5.41, 5.74) is 3.93. The second-order valence-electron chi connectivity index (χ2n) is 9.29. The normalized spacial score (nSPS) is 16.9. The lowest BCUT2D eigenvalue weighted by atomic mass is 10.0. The molecule has 1 aliphatic carbocycles. The number of hydrogen-bond acceptors (Lipinski definition) is 4. The molecule has 36 heavy (non-hydrogen) atoms. The van der Waals surface area contributed by atoms with E-state index in [-0.39, 0.29) is 18.4 Å². The van der Waals surface area contributed by atoms with Crippen molar-refractivity contribution >= 4 is 23.6 Å². The first-order valence-electron chi connectivity index (χ1n) is 12.4. The standard InChI is InChI=1S/C29H29N3O4/c33-27(30-24-14-15-24)23-11-4-9-21(17-23)22-10-5-12-25(18-22)31-28(34)26-13-6-16-32(26)29(35)36-19-20-7-2-1-3-8-20/h1-5,7-12,17-18,24,26H,6,13-16,19H2,(H,30,33)(H,31,34). The van der Waals surface area contributed by atoms with Gasteiger partial charge in [0.25, 0.3) is 5.91 Å². The van der Waals surface area contributed by atoms with Crippen molar-refractivity contribution in [3.63, 3.8) is 0 Å². The van der Waals surface area contributed by atoms with Crippen LogP contribution in [-0.4, -0.2) is 41.4 Å². The molecule has 3 amide bonds. The molecule has 2 N–H and O–H groups in total. The Balaban J connectivity index is 1.23. The molecule has 3 aromatic carbocycles. The van der Waals surface area contributed by atoms with Crippen LogP contribution in [0.5, 0.6) is 0 Å². The Kier molecular flexibility index (Phi) is 6.98. The second-order valence-corrected chi connectivity index (χ2v) is 9.29. The highest BCUT2D eigenvalue weighted by molar-refractivity contribution is 5.98. The molecule has 1 saturated heterocycles. The van der Waals surface area contributed by atoms with Gasteiger partial charge in [0.15, 0.2) is 0 Å². The highest BCUT2D eigenvalue weighted by atomic mass is 16.6. The van der Waals surface area contributed by atoms with E-state index < -0.39 is 12.1 Å². The summed E-state index contributed by atoms with van der Waals surface area (Å²) in [5, 5.41) is 5.97. The van der Waals surface area contributed by atoms with Gasteiger partial charge < -0.3 is 15.4 Å². The number of likely N-dealkylation sites (tertiary alicyclic amines) is 1. The number of nitrogens with one attached hydrogen (secondary N) is 2. The number of hydrogen-bond donors (Lipinski definition) is 2. The average molecular weight is 484 g/mol. The minimum absolute atomic E-state index is 0.0655. The zero-order valence-electron chi connectivity index (χ0n) is 20.0. The predicted molar refractivity (Wildman–Crippen MR) is 137 cm³/mol.